The first-order valence-electron chi connectivity index (χ1n) is 7.52. The molecule has 0 spiro atoms. The quantitative estimate of drug-likeness (QED) is 0.934. The molecule has 2 aromatic rings. The second-order valence-corrected chi connectivity index (χ2v) is 5.97. The second-order valence-electron chi connectivity index (χ2n) is 5.19. The number of nitrogens with zero attached hydrogens (tertiary/aromatic N) is 4. The van der Waals surface area contributed by atoms with Gasteiger partial charge in [-0.3, -0.25) is 0 Å². The molecule has 0 saturated carbocycles. The lowest BCUT2D eigenvalue weighted by atomic mass is 10.2. The molecule has 1 aliphatic heterocycles. The largest absolute Gasteiger partial charge is 0.338 e. The van der Waals surface area contributed by atoms with E-state index in [9.17, 15) is 9.18 Å². The number of halogens is 1. The van der Waals surface area contributed by atoms with Gasteiger partial charge in [-0.1, -0.05) is 0 Å². The predicted octanol–water partition coefficient (Wildman–Crippen LogP) is 2.20. The van der Waals surface area contributed by atoms with Crippen LogP contribution in [0.1, 0.15) is 6.92 Å². The molecule has 6 nitrogen and oxygen atoms in total. The summed E-state index contributed by atoms with van der Waals surface area (Å²) >= 11 is 1.50. The molecular formula is C15H18FN5OS. The molecule has 0 atom stereocenters. The summed E-state index contributed by atoms with van der Waals surface area (Å²) < 4.78 is 14.0. The third kappa shape index (κ3) is 3.42. The minimum atomic E-state index is -0.423. The zero-order valence-corrected chi connectivity index (χ0v) is 13.6. The standard InChI is InChI=1S/C15H18FN5OS/c1-2-17-15(22)21-6-4-20(5-7-21)14-18-9-12(16)13(19-14)11-3-8-23-10-11/h3,8-10H,2,4-7H2,1H3,(H,17,22). The molecule has 0 radical (unpaired) electrons. The number of hydrogen-bond donors (Lipinski definition) is 1. The number of anilines is 1. The minimum absolute atomic E-state index is 0.0499. The van der Waals surface area contributed by atoms with Crippen LogP contribution in [-0.4, -0.2) is 53.6 Å². The summed E-state index contributed by atoms with van der Waals surface area (Å²) in [6, 6.07) is 1.79. The maximum atomic E-state index is 14.0. The molecule has 3 rings (SSSR count). The molecule has 2 amide bonds. The van der Waals surface area contributed by atoms with Crippen molar-refractivity contribution in [2.75, 3.05) is 37.6 Å². The van der Waals surface area contributed by atoms with Gasteiger partial charge in [0, 0.05) is 43.7 Å². The van der Waals surface area contributed by atoms with Crippen molar-refractivity contribution in [2.45, 2.75) is 6.92 Å². The molecular weight excluding hydrogens is 317 g/mol. The van der Waals surface area contributed by atoms with Gasteiger partial charge in [-0.15, -0.1) is 0 Å². The summed E-state index contributed by atoms with van der Waals surface area (Å²) in [5.74, 6) is 0.0799. The summed E-state index contributed by atoms with van der Waals surface area (Å²) in [5, 5.41) is 6.55. The molecule has 2 aromatic heterocycles. The van der Waals surface area contributed by atoms with Crippen LogP contribution < -0.4 is 10.2 Å². The van der Waals surface area contributed by atoms with Gasteiger partial charge in [0.25, 0.3) is 0 Å². The molecule has 0 aliphatic carbocycles. The van der Waals surface area contributed by atoms with Crippen LogP contribution in [0.2, 0.25) is 0 Å². The first kappa shape index (κ1) is 15.7. The molecule has 3 heterocycles. The van der Waals surface area contributed by atoms with Crippen molar-refractivity contribution in [2.24, 2.45) is 0 Å². The number of carbonyl (C=O) groups is 1. The number of carbonyl (C=O) groups excluding carboxylic acids is 1. The lowest BCUT2D eigenvalue weighted by molar-refractivity contribution is 0.194. The monoisotopic (exact) mass is 335 g/mol. The van der Waals surface area contributed by atoms with Crippen LogP contribution in [0.5, 0.6) is 0 Å². The lowest BCUT2D eigenvalue weighted by Crippen LogP contribution is -2.52. The highest BCUT2D eigenvalue weighted by atomic mass is 32.1. The Morgan fingerprint density at radius 2 is 2.17 bits per heavy atom. The molecule has 1 aliphatic rings. The van der Waals surface area contributed by atoms with Crippen molar-refractivity contribution in [3.8, 4) is 11.3 Å². The number of urea groups is 1. The van der Waals surface area contributed by atoms with Gasteiger partial charge in [0.05, 0.1) is 6.20 Å². The summed E-state index contributed by atoms with van der Waals surface area (Å²) in [5.41, 5.74) is 1.08. The Morgan fingerprint density at radius 3 is 2.83 bits per heavy atom. The highest BCUT2D eigenvalue weighted by Gasteiger charge is 2.23. The summed E-state index contributed by atoms with van der Waals surface area (Å²) in [4.78, 5) is 24.0. The van der Waals surface area contributed by atoms with Crippen molar-refractivity contribution < 1.29 is 9.18 Å². The van der Waals surface area contributed by atoms with Gasteiger partial charge in [0.1, 0.15) is 5.69 Å². The predicted molar refractivity (Wildman–Crippen MR) is 88.2 cm³/mol. The third-order valence-corrected chi connectivity index (χ3v) is 4.39. The second kappa shape index (κ2) is 6.91. The maximum absolute atomic E-state index is 14.0. The lowest BCUT2D eigenvalue weighted by Gasteiger charge is -2.34. The molecule has 8 heteroatoms. The number of amides is 2. The van der Waals surface area contributed by atoms with Crippen LogP contribution in [0.3, 0.4) is 0 Å². The van der Waals surface area contributed by atoms with E-state index in [1.807, 2.05) is 28.7 Å². The van der Waals surface area contributed by atoms with E-state index < -0.39 is 5.82 Å². The number of piperazine rings is 1. The molecule has 1 fully saturated rings. The van der Waals surface area contributed by atoms with Crippen molar-refractivity contribution in [1.82, 2.24) is 20.2 Å². The van der Waals surface area contributed by atoms with Crippen LogP contribution in [0.25, 0.3) is 11.3 Å². The number of hydrogen-bond acceptors (Lipinski definition) is 5. The van der Waals surface area contributed by atoms with Crippen molar-refractivity contribution in [1.29, 1.82) is 0 Å². The number of rotatable bonds is 3. The van der Waals surface area contributed by atoms with Crippen LogP contribution in [0.15, 0.2) is 23.0 Å². The van der Waals surface area contributed by atoms with Crippen LogP contribution in [-0.2, 0) is 0 Å². The first-order chi connectivity index (χ1) is 11.2. The Morgan fingerprint density at radius 1 is 1.39 bits per heavy atom. The fraction of sp³-hybridized carbons (Fsp3) is 0.400. The van der Waals surface area contributed by atoms with Crippen LogP contribution in [0, 0.1) is 5.82 Å². The van der Waals surface area contributed by atoms with Gasteiger partial charge < -0.3 is 15.1 Å². The molecule has 23 heavy (non-hydrogen) atoms. The normalized spacial score (nSPS) is 14.9. The molecule has 1 N–H and O–H groups in total. The van der Waals surface area contributed by atoms with Gasteiger partial charge in [0.2, 0.25) is 5.95 Å². The number of thiophene rings is 1. The summed E-state index contributed by atoms with van der Waals surface area (Å²) in [7, 11) is 0. The Hall–Kier alpha value is -2.22. The zero-order chi connectivity index (χ0) is 16.2. The van der Waals surface area contributed by atoms with Gasteiger partial charge >= 0.3 is 6.03 Å². The first-order valence-corrected chi connectivity index (χ1v) is 8.46. The molecule has 0 bridgehead atoms. The fourth-order valence-electron chi connectivity index (χ4n) is 2.48. The Balaban J connectivity index is 1.72. The van der Waals surface area contributed by atoms with E-state index in [0.29, 0.717) is 44.4 Å². The van der Waals surface area contributed by atoms with E-state index in [4.69, 9.17) is 0 Å². The fourth-order valence-corrected chi connectivity index (χ4v) is 3.12. The van der Waals surface area contributed by atoms with Gasteiger partial charge in [0.15, 0.2) is 5.82 Å². The average molecular weight is 335 g/mol. The Labute approximate surface area is 138 Å². The van der Waals surface area contributed by atoms with Crippen LogP contribution in [0.4, 0.5) is 15.1 Å². The highest BCUT2D eigenvalue weighted by Crippen LogP contribution is 2.24. The van der Waals surface area contributed by atoms with E-state index >= 15 is 0 Å². The Kier molecular flexibility index (Phi) is 4.71. The zero-order valence-electron chi connectivity index (χ0n) is 12.8. The van der Waals surface area contributed by atoms with E-state index in [2.05, 4.69) is 15.3 Å². The third-order valence-electron chi connectivity index (χ3n) is 3.70. The van der Waals surface area contributed by atoms with E-state index in [0.717, 1.165) is 5.56 Å². The topological polar surface area (TPSA) is 61.4 Å². The number of aromatic nitrogens is 2. The minimum Gasteiger partial charge on any atom is -0.338 e. The highest BCUT2D eigenvalue weighted by molar-refractivity contribution is 7.08. The van der Waals surface area contributed by atoms with E-state index in [1.54, 1.807) is 4.90 Å². The maximum Gasteiger partial charge on any atom is 0.317 e. The molecule has 0 aromatic carbocycles. The van der Waals surface area contributed by atoms with Gasteiger partial charge in [-0.05, 0) is 18.4 Å². The van der Waals surface area contributed by atoms with Crippen molar-refractivity contribution in [3.05, 3.63) is 28.8 Å². The number of nitrogens with one attached hydrogen (secondary N) is 1. The van der Waals surface area contributed by atoms with Crippen molar-refractivity contribution in [3.63, 3.8) is 0 Å². The van der Waals surface area contributed by atoms with E-state index in [1.165, 1.54) is 17.5 Å². The smallest absolute Gasteiger partial charge is 0.317 e. The molecule has 122 valence electrons. The van der Waals surface area contributed by atoms with Crippen LogP contribution >= 0.6 is 11.3 Å². The van der Waals surface area contributed by atoms with Gasteiger partial charge in [-0.2, -0.15) is 11.3 Å². The van der Waals surface area contributed by atoms with E-state index in [-0.39, 0.29) is 6.03 Å². The Bertz CT molecular complexity index is 671. The summed E-state index contributed by atoms with van der Waals surface area (Å²) in [6.07, 6.45) is 1.21. The SMILES string of the molecule is CCNC(=O)N1CCN(c2ncc(F)c(-c3ccsc3)n2)CC1. The van der Waals surface area contributed by atoms with Gasteiger partial charge in [-0.25, -0.2) is 19.2 Å². The molecule has 0 unspecified atom stereocenters. The summed E-state index contributed by atoms with van der Waals surface area (Å²) in [6.45, 7) is 4.97. The molecule has 1 saturated heterocycles. The van der Waals surface area contributed by atoms with Crippen molar-refractivity contribution >= 4 is 23.3 Å². The average Bonchev–Trinajstić information content (AvgIpc) is 3.10.